The molecule has 15 heteroatoms. The Morgan fingerprint density at radius 2 is 1.67 bits per heavy atom. The van der Waals surface area contributed by atoms with Crippen LogP contribution in [-0.2, 0) is 0 Å². The molecule has 0 amide bonds. The maximum atomic E-state index is 10.3. The zero-order valence-corrected chi connectivity index (χ0v) is 8.68. The Morgan fingerprint density at radius 3 is 2.11 bits per heavy atom. The molecule has 0 aromatic carbocycles. The van der Waals surface area contributed by atoms with Gasteiger partial charge in [0.25, 0.3) is 11.9 Å². The number of hydrazone groups is 2. The number of hydrogen-bond acceptors (Lipinski definition) is 5. The van der Waals surface area contributed by atoms with E-state index in [1.807, 2.05) is 5.43 Å². The highest BCUT2D eigenvalue weighted by Gasteiger charge is 2.11. The lowest BCUT2D eigenvalue weighted by Crippen LogP contribution is -2.44. The molecule has 0 aliphatic carbocycles. The Balaban J connectivity index is 4.75. The highest BCUT2D eigenvalue weighted by atomic mass is 16.7. The van der Waals surface area contributed by atoms with Crippen LogP contribution in [0.15, 0.2) is 15.2 Å². The van der Waals surface area contributed by atoms with E-state index in [4.69, 9.17) is 27.7 Å². The first-order valence-corrected chi connectivity index (χ1v) is 3.92. The minimum atomic E-state index is -0.735. The van der Waals surface area contributed by atoms with Crippen LogP contribution >= 0.6 is 0 Å². The molecule has 0 aromatic heterocycles. The Morgan fingerprint density at radius 1 is 1.11 bits per heavy atom. The van der Waals surface area contributed by atoms with E-state index in [1.54, 1.807) is 10.9 Å². The molecule has 0 rings (SSSR count). The number of aliphatic imine (C=N–C) groups is 1. The second kappa shape index (κ2) is 6.98. The smallest absolute Gasteiger partial charge is 0.362 e. The molecule has 15 nitrogen and oxygen atoms in total. The van der Waals surface area contributed by atoms with Gasteiger partial charge in [0.1, 0.15) is 9.81 Å². The number of nitrogens with zero attached hydrogens (tertiary/aromatic N) is 5. The number of hydrazine groups is 2. The molecular weight excluding hydrogens is 254 g/mol. The van der Waals surface area contributed by atoms with Gasteiger partial charge in [-0.2, -0.15) is 4.99 Å². The summed E-state index contributed by atoms with van der Waals surface area (Å²) < 4.78 is 0. The van der Waals surface area contributed by atoms with Gasteiger partial charge in [0, 0.05) is 0 Å². The van der Waals surface area contributed by atoms with Crippen LogP contribution in [0.1, 0.15) is 0 Å². The fraction of sp³-hybridized carbons (Fsp3) is 0. The number of nitrogens with one attached hydrogen (secondary N) is 3. The number of nitrogens with two attached hydrogens (primary N) is 3. The monoisotopic (exact) mass is 265 g/mol. The van der Waals surface area contributed by atoms with Crippen LogP contribution in [0.5, 0.6) is 0 Å². The van der Waals surface area contributed by atoms with Gasteiger partial charge in [0.2, 0.25) is 5.96 Å². The molecule has 0 aliphatic rings. The topological polar surface area (TPSA) is 232 Å². The van der Waals surface area contributed by atoms with Crippen molar-refractivity contribution in [2.75, 3.05) is 0 Å². The van der Waals surface area contributed by atoms with Gasteiger partial charge in [0.15, 0.2) is 0 Å². The summed E-state index contributed by atoms with van der Waals surface area (Å²) in [7, 11) is 0. The van der Waals surface area contributed by atoms with Crippen LogP contribution in [-0.4, -0.2) is 38.4 Å². The number of rotatable bonds is 3. The lowest BCUT2D eigenvalue weighted by molar-refractivity contribution is -0.822. The third-order valence-electron chi connectivity index (χ3n) is 1.05. The quantitative estimate of drug-likeness (QED) is 0.106. The summed E-state index contributed by atoms with van der Waals surface area (Å²) in [5.41, 5.74) is 15.4. The largest absolute Gasteiger partial charge is 0.366 e. The van der Waals surface area contributed by atoms with Crippen LogP contribution in [0.2, 0.25) is 0 Å². The third-order valence-corrected chi connectivity index (χ3v) is 1.05. The van der Waals surface area contributed by atoms with Gasteiger partial charge in [-0.15, -0.1) is 10.2 Å². The number of hydrogen-bond donors (Lipinski definition) is 8. The molecule has 0 saturated heterocycles. The van der Waals surface area contributed by atoms with Crippen LogP contribution in [0.25, 0.3) is 0 Å². The van der Waals surface area contributed by atoms with Crippen molar-refractivity contribution in [2.24, 2.45) is 32.5 Å². The summed E-state index contributed by atoms with van der Waals surface area (Å²) in [6.07, 6.45) is 0. The van der Waals surface area contributed by atoms with Gasteiger partial charge in [-0.05, 0) is 10.9 Å². The maximum Gasteiger partial charge on any atom is 0.362 e. The van der Waals surface area contributed by atoms with Crippen LogP contribution in [0.4, 0.5) is 0 Å². The normalized spacial score (nSPS) is 12.8. The Kier molecular flexibility index (Phi) is 5.66. The van der Waals surface area contributed by atoms with E-state index in [0.717, 1.165) is 0 Å². The van der Waals surface area contributed by atoms with E-state index in [9.17, 15) is 9.81 Å². The Hall–Kier alpha value is -3.39. The maximum absolute atomic E-state index is 10.3. The van der Waals surface area contributed by atoms with Crippen molar-refractivity contribution in [2.45, 2.75) is 0 Å². The Bertz CT molecular complexity index is 411. The predicted octanol–water partition coefficient (Wildman–Crippen LogP) is -4.30. The molecule has 100 valence electrons. The molecular formula is C3H11N11O4+2. The average Bonchev–Trinajstić information content (AvgIpc) is 2.24. The second-order valence-corrected chi connectivity index (χ2v) is 2.33. The zero-order valence-electron chi connectivity index (χ0n) is 8.68. The predicted molar refractivity (Wildman–Crippen MR) is 55.1 cm³/mol. The minimum Gasteiger partial charge on any atom is -0.366 e. The van der Waals surface area contributed by atoms with Crippen molar-refractivity contribution in [1.29, 1.82) is 0 Å². The SMILES string of the molecule is N/N=C(N)/N=C(/N/N=C(\N)N[N+](=O)O)N[N+](=O)O. The fourth-order valence-corrected chi connectivity index (χ4v) is 0.545. The first-order chi connectivity index (χ1) is 8.35. The molecule has 0 spiro atoms. The summed E-state index contributed by atoms with van der Waals surface area (Å²) >= 11 is 0. The summed E-state index contributed by atoms with van der Waals surface area (Å²) in [4.78, 5) is 23.7. The van der Waals surface area contributed by atoms with E-state index in [1.165, 1.54) is 0 Å². The van der Waals surface area contributed by atoms with E-state index < -0.39 is 27.9 Å². The summed E-state index contributed by atoms with van der Waals surface area (Å²) in [5.74, 6) is 3.17. The van der Waals surface area contributed by atoms with E-state index >= 15 is 0 Å². The van der Waals surface area contributed by atoms with E-state index in [0.29, 0.717) is 0 Å². The molecule has 0 radical (unpaired) electrons. The van der Waals surface area contributed by atoms with Gasteiger partial charge in [-0.25, -0.2) is 15.8 Å². The molecule has 11 N–H and O–H groups in total. The number of guanidine groups is 3. The van der Waals surface area contributed by atoms with Crippen molar-refractivity contribution < 1.29 is 20.5 Å². The van der Waals surface area contributed by atoms with Crippen molar-refractivity contribution in [1.82, 2.24) is 16.3 Å². The fourth-order valence-electron chi connectivity index (χ4n) is 0.545. The van der Waals surface area contributed by atoms with E-state index in [2.05, 4.69) is 15.2 Å². The van der Waals surface area contributed by atoms with Crippen molar-refractivity contribution >= 4 is 17.9 Å². The van der Waals surface area contributed by atoms with Gasteiger partial charge < -0.3 is 17.3 Å². The van der Waals surface area contributed by atoms with Gasteiger partial charge >= 0.3 is 10.1 Å². The van der Waals surface area contributed by atoms with Crippen molar-refractivity contribution in [3.63, 3.8) is 0 Å². The minimum absolute atomic E-state index is 0.471. The molecule has 0 fully saturated rings. The molecule has 0 saturated carbocycles. The van der Waals surface area contributed by atoms with Crippen LogP contribution in [0, 0.1) is 9.81 Å². The van der Waals surface area contributed by atoms with Gasteiger partial charge in [-0.3, -0.25) is 0 Å². The van der Waals surface area contributed by atoms with E-state index in [-0.39, 0.29) is 0 Å². The lowest BCUT2D eigenvalue weighted by Gasteiger charge is -1.99. The molecule has 0 atom stereocenters. The van der Waals surface area contributed by atoms with Gasteiger partial charge in [-0.1, -0.05) is 0 Å². The van der Waals surface area contributed by atoms with Crippen molar-refractivity contribution in [3.8, 4) is 0 Å². The standard InChI is InChI=1S/C3H11N11O4/c4-1(8-6)7-3(12-14(17)18)10-9-2(5)11-13(15)16/h6H2,(H,15,16)(H,17,18)(H3,5,9,11)(H4,4,7,8,10,12)/q+2. The van der Waals surface area contributed by atoms with Gasteiger partial charge in [0.05, 0.1) is 0 Å². The molecule has 0 aliphatic heterocycles. The van der Waals surface area contributed by atoms with Crippen molar-refractivity contribution in [3.05, 3.63) is 9.81 Å². The van der Waals surface area contributed by atoms with Crippen LogP contribution in [0.3, 0.4) is 0 Å². The highest BCUT2D eigenvalue weighted by molar-refractivity contribution is 5.93. The molecule has 18 heavy (non-hydrogen) atoms. The van der Waals surface area contributed by atoms with Crippen LogP contribution < -0.4 is 33.6 Å². The first kappa shape index (κ1) is 14.6. The highest BCUT2D eigenvalue weighted by Crippen LogP contribution is 1.73. The molecule has 0 unspecified atom stereocenters. The summed E-state index contributed by atoms with van der Waals surface area (Å²) in [6, 6.07) is 0. The first-order valence-electron chi connectivity index (χ1n) is 3.92. The second-order valence-electron chi connectivity index (χ2n) is 2.33. The summed E-state index contributed by atoms with van der Waals surface area (Å²) in [5, 5.41) is 21.2. The zero-order chi connectivity index (χ0) is 14.1. The summed E-state index contributed by atoms with van der Waals surface area (Å²) in [6.45, 7) is 0. The average molecular weight is 265 g/mol. The Labute approximate surface area is 98.0 Å². The molecule has 0 bridgehead atoms. The molecule has 0 heterocycles. The lowest BCUT2D eigenvalue weighted by atomic mass is 10.9. The third kappa shape index (κ3) is 6.98. The molecule has 0 aromatic rings.